The molecule has 1 amide bonds. The van der Waals surface area contributed by atoms with Crippen LogP contribution in [-0.4, -0.2) is 32.1 Å². The van der Waals surface area contributed by atoms with Crippen LogP contribution in [0.15, 0.2) is 54.6 Å². The monoisotopic (exact) mass is 381 g/mol. The number of carbonyl (C=O) groups excluding carboxylic acids is 1. The highest BCUT2D eigenvalue weighted by Gasteiger charge is 2.23. The number of rotatable bonds is 5. The van der Waals surface area contributed by atoms with Crippen LogP contribution in [0.1, 0.15) is 11.1 Å². The van der Waals surface area contributed by atoms with Crippen LogP contribution in [0.25, 0.3) is 0 Å². The minimum atomic E-state index is -0.132. The van der Waals surface area contributed by atoms with Gasteiger partial charge in [0.2, 0.25) is 5.91 Å². The summed E-state index contributed by atoms with van der Waals surface area (Å²) < 4.78 is 0. The Bertz CT molecular complexity index is 667. The van der Waals surface area contributed by atoms with E-state index in [9.17, 15) is 4.79 Å². The van der Waals surface area contributed by atoms with Gasteiger partial charge in [-0.15, -0.1) is 24.8 Å². The maximum atomic E-state index is 12.3. The molecule has 1 heterocycles. The number of likely N-dealkylation sites (N-methyl/N-ethyl adjacent to an activating group) is 1. The summed E-state index contributed by atoms with van der Waals surface area (Å²) in [6, 6.07) is 18.4. The molecule has 0 aromatic heterocycles. The molecule has 0 bridgehead atoms. The van der Waals surface area contributed by atoms with E-state index in [0.717, 1.165) is 25.2 Å². The molecule has 0 spiro atoms. The number of nitrogens with zero attached hydrogens (tertiary/aromatic N) is 1. The van der Waals surface area contributed by atoms with Crippen molar-refractivity contribution in [2.24, 2.45) is 0 Å². The van der Waals surface area contributed by atoms with Crippen molar-refractivity contribution in [1.29, 1.82) is 0 Å². The van der Waals surface area contributed by atoms with Crippen LogP contribution in [-0.2, 0) is 17.8 Å². The number of halogens is 2. The number of anilines is 1. The number of amides is 1. The fraction of sp³-hybridized carbons (Fsp3) is 0.316. The molecule has 0 aliphatic carbocycles. The topological polar surface area (TPSA) is 44.4 Å². The van der Waals surface area contributed by atoms with Crippen LogP contribution < -0.4 is 15.5 Å². The standard InChI is InChI=1S/C19H23N3O.2ClH/c1-22(17-9-3-2-4-10-17)12-11-20-19(23)18-13-15-7-5-6-8-16(15)14-21-18;;/h2-10,18,21H,11-14H2,1H3,(H,20,23);2*1H. The lowest BCUT2D eigenvalue weighted by atomic mass is 9.95. The first-order valence-corrected chi connectivity index (χ1v) is 8.08. The second kappa shape index (κ2) is 10.3. The zero-order valence-electron chi connectivity index (χ0n) is 14.3. The van der Waals surface area contributed by atoms with Gasteiger partial charge >= 0.3 is 0 Å². The smallest absolute Gasteiger partial charge is 0.237 e. The Kier molecular flexibility index (Phi) is 8.76. The average molecular weight is 382 g/mol. The molecule has 2 N–H and O–H groups in total. The molecule has 4 nitrogen and oxygen atoms in total. The number of hydrogen-bond donors (Lipinski definition) is 2. The van der Waals surface area contributed by atoms with Gasteiger partial charge in [-0.3, -0.25) is 4.79 Å². The fourth-order valence-electron chi connectivity index (χ4n) is 2.92. The molecule has 1 unspecified atom stereocenters. The third kappa shape index (κ3) is 5.63. The van der Waals surface area contributed by atoms with Gasteiger partial charge in [-0.1, -0.05) is 42.5 Å². The number of benzene rings is 2. The molecule has 0 radical (unpaired) electrons. The molecular formula is C19H25Cl2N3O. The lowest BCUT2D eigenvalue weighted by Crippen LogP contribution is -2.48. The minimum absolute atomic E-state index is 0. The number of para-hydroxylation sites is 1. The molecule has 136 valence electrons. The molecule has 25 heavy (non-hydrogen) atoms. The predicted octanol–water partition coefficient (Wildman–Crippen LogP) is 2.80. The van der Waals surface area contributed by atoms with Crippen molar-refractivity contribution in [3.8, 4) is 0 Å². The summed E-state index contributed by atoms with van der Waals surface area (Å²) in [4.78, 5) is 14.5. The summed E-state index contributed by atoms with van der Waals surface area (Å²) in [6.45, 7) is 2.20. The first-order valence-electron chi connectivity index (χ1n) is 8.08. The molecular weight excluding hydrogens is 357 g/mol. The molecule has 1 atom stereocenters. The van der Waals surface area contributed by atoms with Gasteiger partial charge in [0.05, 0.1) is 6.04 Å². The fourth-order valence-corrected chi connectivity index (χ4v) is 2.92. The van der Waals surface area contributed by atoms with Crippen LogP contribution in [0, 0.1) is 0 Å². The molecule has 0 saturated heterocycles. The van der Waals surface area contributed by atoms with Gasteiger partial charge in [-0.05, 0) is 29.7 Å². The van der Waals surface area contributed by atoms with Crippen molar-refractivity contribution in [3.05, 3.63) is 65.7 Å². The maximum absolute atomic E-state index is 12.3. The van der Waals surface area contributed by atoms with E-state index in [1.54, 1.807) is 0 Å². The molecule has 2 aromatic rings. The molecule has 0 saturated carbocycles. The van der Waals surface area contributed by atoms with Gasteiger partial charge < -0.3 is 15.5 Å². The Balaban J connectivity index is 0.00000156. The third-order valence-electron chi connectivity index (χ3n) is 4.34. The summed E-state index contributed by atoms with van der Waals surface area (Å²) in [7, 11) is 2.04. The maximum Gasteiger partial charge on any atom is 0.237 e. The van der Waals surface area contributed by atoms with E-state index in [1.165, 1.54) is 11.1 Å². The normalized spacial score (nSPS) is 15.2. The Morgan fingerprint density at radius 2 is 1.72 bits per heavy atom. The molecule has 0 fully saturated rings. The molecule has 6 heteroatoms. The van der Waals surface area contributed by atoms with E-state index in [4.69, 9.17) is 0 Å². The second-order valence-corrected chi connectivity index (χ2v) is 5.95. The van der Waals surface area contributed by atoms with Crippen LogP contribution >= 0.6 is 24.8 Å². The first-order chi connectivity index (χ1) is 11.2. The van der Waals surface area contributed by atoms with E-state index < -0.39 is 0 Å². The van der Waals surface area contributed by atoms with Crippen LogP contribution in [0.4, 0.5) is 5.69 Å². The molecule has 3 rings (SSSR count). The van der Waals surface area contributed by atoms with E-state index in [2.05, 4.69) is 39.8 Å². The average Bonchev–Trinajstić information content (AvgIpc) is 2.61. The minimum Gasteiger partial charge on any atom is -0.373 e. The quantitative estimate of drug-likeness (QED) is 0.836. The van der Waals surface area contributed by atoms with Crippen molar-refractivity contribution in [1.82, 2.24) is 10.6 Å². The van der Waals surface area contributed by atoms with Crippen molar-refractivity contribution < 1.29 is 4.79 Å². The molecule has 1 aliphatic heterocycles. The van der Waals surface area contributed by atoms with Gasteiger partial charge in [0, 0.05) is 32.4 Å². The predicted molar refractivity (Wildman–Crippen MR) is 108 cm³/mol. The zero-order chi connectivity index (χ0) is 16.1. The van der Waals surface area contributed by atoms with E-state index in [0.29, 0.717) is 6.54 Å². The van der Waals surface area contributed by atoms with Gasteiger partial charge in [0.1, 0.15) is 0 Å². The van der Waals surface area contributed by atoms with Gasteiger partial charge in [-0.25, -0.2) is 0 Å². The van der Waals surface area contributed by atoms with E-state index in [-0.39, 0.29) is 36.8 Å². The summed E-state index contributed by atoms with van der Waals surface area (Å²) in [5, 5.41) is 6.36. The summed E-state index contributed by atoms with van der Waals surface area (Å²) >= 11 is 0. The molecule has 1 aliphatic rings. The number of hydrogen-bond acceptors (Lipinski definition) is 3. The summed E-state index contributed by atoms with van der Waals surface area (Å²) in [6.07, 6.45) is 0.760. The summed E-state index contributed by atoms with van der Waals surface area (Å²) in [5.74, 6) is 0.0842. The zero-order valence-corrected chi connectivity index (χ0v) is 15.9. The van der Waals surface area contributed by atoms with Crippen molar-refractivity contribution in [2.75, 3.05) is 25.0 Å². The SMILES string of the molecule is CN(CCNC(=O)C1Cc2ccccc2CN1)c1ccccc1.Cl.Cl. The van der Waals surface area contributed by atoms with Crippen molar-refractivity contribution in [2.45, 2.75) is 19.0 Å². The van der Waals surface area contributed by atoms with Gasteiger partial charge in [0.25, 0.3) is 0 Å². The number of nitrogens with one attached hydrogen (secondary N) is 2. The Hall–Kier alpha value is -1.75. The molecule has 2 aromatic carbocycles. The lowest BCUT2D eigenvalue weighted by Gasteiger charge is -2.26. The van der Waals surface area contributed by atoms with Crippen molar-refractivity contribution in [3.63, 3.8) is 0 Å². The highest BCUT2D eigenvalue weighted by atomic mass is 35.5. The van der Waals surface area contributed by atoms with Gasteiger partial charge in [-0.2, -0.15) is 0 Å². The second-order valence-electron chi connectivity index (χ2n) is 5.95. The van der Waals surface area contributed by atoms with Crippen LogP contribution in [0.5, 0.6) is 0 Å². The highest BCUT2D eigenvalue weighted by molar-refractivity contribution is 5.85. The van der Waals surface area contributed by atoms with Crippen molar-refractivity contribution >= 4 is 36.4 Å². The van der Waals surface area contributed by atoms with Crippen LogP contribution in [0.2, 0.25) is 0 Å². The Morgan fingerprint density at radius 1 is 1.08 bits per heavy atom. The Morgan fingerprint density at radius 3 is 2.44 bits per heavy atom. The largest absolute Gasteiger partial charge is 0.373 e. The lowest BCUT2D eigenvalue weighted by molar-refractivity contribution is -0.123. The number of fused-ring (bicyclic) bond motifs is 1. The van der Waals surface area contributed by atoms with E-state index in [1.807, 2.05) is 37.4 Å². The summed E-state index contributed by atoms with van der Waals surface area (Å²) in [5.41, 5.74) is 3.72. The van der Waals surface area contributed by atoms with Crippen LogP contribution in [0.3, 0.4) is 0 Å². The first kappa shape index (κ1) is 21.3. The van der Waals surface area contributed by atoms with E-state index >= 15 is 0 Å². The van der Waals surface area contributed by atoms with Gasteiger partial charge in [0.15, 0.2) is 0 Å². The third-order valence-corrected chi connectivity index (χ3v) is 4.34. The number of carbonyl (C=O) groups is 1. The Labute approximate surface area is 161 Å². The highest BCUT2D eigenvalue weighted by Crippen LogP contribution is 2.16.